The third-order valence-corrected chi connectivity index (χ3v) is 6.11. The number of hydrogen-bond acceptors (Lipinski definition) is 4. The van der Waals surface area contributed by atoms with Crippen LogP contribution in [0.1, 0.15) is 64.2 Å². The molecule has 1 aliphatic heterocycles. The summed E-state index contributed by atoms with van der Waals surface area (Å²) in [4.78, 5) is 23.7. The molecule has 2 N–H and O–H groups in total. The van der Waals surface area contributed by atoms with Gasteiger partial charge in [-0.15, -0.1) is 0 Å². The fraction of sp³-hybridized carbons (Fsp3) is 0.320. The lowest BCUT2D eigenvalue weighted by atomic mass is 9.89. The first kappa shape index (κ1) is 20.2. The zero-order valence-electron chi connectivity index (χ0n) is 17.4. The average Bonchev–Trinajstić information content (AvgIpc) is 2.84. The van der Waals surface area contributed by atoms with Crippen molar-refractivity contribution in [3.8, 4) is 0 Å². The van der Waals surface area contributed by atoms with E-state index in [0.717, 1.165) is 37.1 Å². The molecule has 0 bridgehead atoms. The maximum atomic E-state index is 13.1. The molecule has 5 heteroatoms. The standard InChI is InChI=1S/C25H28N4O/c1-18(20-5-3-2-4-6-20)22-12-24(17-28-15-22)25(30)29-9-7-21(8-10-29)23-11-19(13-26)14-27-16-23/h2-6,11-12,14-18,21H,7-10,13,26H2,1H3. The molecular weight excluding hydrogens is 372 g/mol. The van der Waals surface area contributed by atoms with Crippen molar-refractivity contribution in [1.29, 1.82) is 0 Å². The van der Waals surface area contributed by atoms with E-state index in [9.17, 15) is 4.79 Å². The number of benzene rings is 1. The van der Waals surface area contributed by atoms with Gasteiger partial charge in [0.05, 0.1) is 5.56 Å². The minimum Gasteiger partial charge on any atom is -0.339 e. The van der Waals surface area contributed by atoms with E-state index in [1.54, 1.807) is 6.20 Å². The highest BCUT2D eigenvalue weighted by Crippen LogP contribution is 2.29. The minimum atomic E-state index is 0.0666. The number of rotatable bonds is 5. The molecule has 0 spiro atoms. The molecule has 4 rings (SSSR count). The summed E-state index contributed by atoms with van der Waals surface area (Å²) in [5.41, 5.74) is 11.0. The van der Waals surface area contributed by atoms with Crippen LogP contribution in [0, 0.1) is 0 Å². The number of nitrogens with zero attached hydrogens (tertiary/aromatic N) is 3. The molecule has 0 saturated carbocycles. The molecule has 1 aromatic carbocycles. The van der Waals surface area contributed by atoms with Gasteiger partial charge in [0, 0.05) is 50.3 Å². The molecule has 1 amide bonds. The first-order chi connectivity index (χ1) is 14.7. The van der Waals surface area contributed by atoms with Crippen molar-refractivity contribution < 1.29 is 4.79 Å². The molecule has 0 aliphatic carbocycles. The number of hydrogen-bond donors (Lipinski definition) is 1. The van der Waals surface area contributed by atoms with Crippen LogP contribution in [-0.4, -0.2) is 33.9 Å². The van der Waals surface area contributed by atoms with Gasteiger partial charge < -0.3 is 10.6 Å². The lowest BCUT2D eigenvalue weighted by molar-refractivity contribution is 0.0712. The van der Waals surface area contributed by atoms with E-state index >= 15 is 0 Å². The van der Waals surface area contributed by atoms with Gasteiger partial charge in [-0.05, 0) is 47.1 Å². The Bertz CT molecular complexity index is 997. The summed E-state index contributed by atoms with van der Waals surface area (Å²) in [6, 6.07) is 14.5. The van der Waals surface area contributed by atoms with Gasteiger partial charge in [-0.1, -0.05) is 43.3 Å². The van der Waals surface area contributed by atoms with Crippen molar-refractivity contribution in [2.45, 2.75) is 38.1 Å². The third-order valence-electron chi connectivity index (χ3n) is 6.11. The second-order valence-corrected chi connectivity index (χ2v) is 8.04. The zero-order valence-corrected chi connectivity index (χ0v) is 17.4. The van der Waals surface area contributed by atoms with E-state index in [1.165, 1.54) is 11.1 Å². The molecule has 2 aromatic heterocycles. The van der Waals surface area contributed by atoms with Crippen molar-refractivity contribution in [2.24, 2.45) is 5.73 Å². The van der Waals surface area contributed by atoms with Crippen molar-refractivity contribution >= 4 is 5.91 Å². The molecule has 1 aliphatic rings. The van der Waals surface area contributed by atoms with Crippen LogP contribution in [0.4, 0.5) is 0 Å². The predicted molar refractivity (Wildman–Crippen MR) is 118 cm³/mol. The van der Waals surface area contributed by atoms with Gasteiger partial charge in [0.1, 0.15) is 0 Å². The second-order valence-electron chi connectivity index (χ2n) is 8.04. The van der Waals surface area contributed by atoms with Gasteiger partial charge in [-0.3, -0.25) is 14.8 Å². The SMILES string of the molecule is CC(c1ccccc1)c1cncc(C(=O)N2CCC(c3cncc(CN)c3)CC2)c1. The Balaban J connectivity index is 1.43. The molecule has 1 fully saturated rings. The van der Waals surface area contributed by atoms with E-state index < -0.39 is 0 Å². The summed E-state index contributed by atoms with van der Waals surface area (Å²) in [5.74, 6) is 0.687. The van der Waals surface area contributed by atoms with E-state index in [4.69, 9.17) is 5.73 Å². The number of carbonyl (C=O) groups is 1. The van der Waals surface area contributed by atoms with Gasteiger partial charge in [-0.25, -0.2) is 0 Å². The fourth-order valence-corrected chi connectivity index (χ4v) is 4.19. The van der Waals surface area contributed by atoms with Crippen LogP contribution in [0.25, 0.3) is 0 Å². The highest BCUT2D eigenvalue weighted by Gasteiger charge is 2.25. The normalized spacial score (nSPS) is 15.7. The summed E-state index contributed by atoms with van der Waals surface area (Å²) in [7, 11) is 0. The van der Waals surface area contributed by atoms with Gasteiger partial charge in [-0.2, -0.15) is 0 Å². The second kappa shape index (κ2) is 9.18. The number of carbonyl (C=O) groups excluding carboxylic acids is 1. The van der Waals surface area contributed by atoms with Gasteiger partial charge in [0.25, 0.3) is 5.91 Å². The Labute approximate surface area is 178 Å². The Morgan fingerprint density at radius 2 is 1.77 bits per heavy atom. The Kier molecular flexibility index (Phi) is 6.19. The molecule has 1 saturated heterocycles. The Hall–Kier alpha value is -3.05. The van der Waals surface area contributed by atoms with Gasteiger partial charge in [0.2, 0.25) is 0 Å². The third kappa shape index (κ3) is 4.41. The number of nitrogens with two attached hydrogens (primary N) is 1. The predicted octanol–water partition coefficient (Wildman–Crippen LogP) is 4.11. The molecule has 30 heavy (non-hydrogen) atoms. The quantitative estimate of drug-likeness (QED) is 0.700. The maximum absolute atomic E-state index is 13.1. The topological polar surface area (TPSA) is 72.1 Å². The average molecular weight is 401 g/mol. The molecule has 3 aromatic rings. The number of piperidine rings is 1. The van der Waals surface area contributed by atoms with E-state index in [2.05, 4.69) is 35.1 Å². The van der Waals surface area contributed by atoms with Crippen molar-refractivity contribution in [1.82, 2.24) is 14.9 Å². The van der Waals surface area contributed by atoms with Crippen LogP contribution in [0.15, 0.2) is 67.3 Å². The summed E-state index contributed by atoms with van der Waals surface area (Å²) in [5, 5.41) is 0. The van der Waals surface area contributed by atoms with Crippen LogP contribution in [-0.2, 0) is 6.54 Å². The highest BCUT2D eigenvalue weighted by atomic mass is 16.2. The van der Waals surface area contributed by atoms with Crippen molar-refractivity contribution in [3.05, 3.63) is 95.1 Å². The summed E-state index contributed by atoms with van der Waals surface area (Å²) >= 11 is 0. The minimum absolute atomic E-state index is 0.0666. The van der Waals surface area contributed by atoms with E-state index in [-0.39, 0.29) is 11.8 Å². The lowest BCUT2D eigenvalue weighted by Crippen LogP contribution is -2.38. The smallest absolute Gasteiger partial charge is 0.255 e. The van der Waals surface area contributed by atoms with Crippen LogP contribution in [0.3, 0.4) is 0 Å². The first-order valence-electron chi connectivity index (χ1n) is 10.6. The molecule has 154 valence electrons. The van der Waals surface area contributed by atoms with Gasteiger partial charge in [0.15, 0.2) is 0 Å². The number of pyridine rings is 2. The van der Waals surface area contributed by atoms with E-state index in [1.807, 2.05) is 47.8 Å². The molecule has 1 unspecified atom stereocenters. The van der Waals surface area contributed by atoms with Crippen LogP contribution in [0.5, 0.6) is 0 Å². The Morgan fingerprint density at radius 1 is 1.03 bits per heavy atom. The number of aromatic nitrogens is 2. The van der Waals surface area contributed by atoms with Crippen LogP contribution < -0.4 is 5.73 Å². The molecule has 1 atom stereocenters. The maximum Gasteiger partial charge on any atom is 0.255 e. The molecular formula is C25H28N4O. The molecule has 0 radical (unpaired) electrons. The summed E-state index contributed by atoms with van der Waals surface area (Å²) < 4.78 is 0. The van der Waals surface area contributed by atoms with Gasteiger partial charge >= 0.3 is 0 Å². The van der Waals surface area contributed by atoms with Crippen molar-refractivity contribution in [2.75, 3.05) is 13.1 Å². The molecule has 3 heterocycles. The summed E-state index contributed by atoms with van der Waals surface area (Å²) in [6.45, 7) is 4.14. The monoisotopic (exact) mass is 400 g/mol. The first-order valence-corrected chi connectivity index (χ1v) is 10.6. The number of likely N-dealkylation sites (tertiary alicyclic amines) is 1. The van der Waals surface area contributed by atoms with E-state index in [0.29, 0.717) is 18.0 Å². The zero-order chi connectivity index (χ0) is 20.9. The van der Waals surface area contributed by atoms with Crippen LogP contribution >= 0.6 is 0 Å². The largest absolute Gasteiger partial charge is 0.339 e. The van der Waals surface area contributed by atoms with Crippen LogP contribution in [0.2, 0.25) is 0 Å². The molecule has 5 nitrogen and oxygen atoms in total. The number of amides is 1. The highest BCUT2D eigenvalue weighted by molar-refractivity contribution is 5.94. The Morgan fingerprint density at radius 3 is 2.50 bits per heavy atom. The van der Waals surface area contributed by atoms with Crippen molar-refractivity contribution in [3.63, 3.8) is 0 Å². The summed E-state index contributed by atoms with van der Waals surface area (Å²) in [6.07, 6.45) is 9.17. The lowest BCUT2D eigenvalue weighted by Gasteiger charge is -2.32. The fourth-order valence-electron chi connectivity index (χ4n) is 4.19.